The van der Waals surface area contributed by atoms with E-state index < -0.39 is 0 Å². The lowest BCUT2D eigenvalue weighted by atomic mass is 10.1. The number of carbonyl (C=O) groups is 1. The fraction of sp³-hybridized carbons (Fsp3) is 0.231. The van der Waals surface area contributed by atoms with Gasteiger partial charge in [-0.1, -0.05) is 18.2 Å². The number of benzene rings is 2. The first-order valence-corrected chi connectivity index (χ1v) is 11.4. The van der Waals surface area contributed by atoms with Crippen molar-refractivity contribution in [3.8, 4) is 22.6 Å². The van der Waals surface area contributed by atoms with E-state index in [9.17, 15) is 9.18 Å². The van der Waals surface area contributed by atoms with E-state index in [4.69, 9.17) is 9.97 Å². The number of fused-ring (bicyclic) bond motifs is 1. The largest absolute Gasteiger partial charge is 0.354 e. The summed E-state index contributed by atoms with van der Waals surface area (Å²) in [5.74, 6) is 1.06. The Morgan fingerprint density at radius 2 is 1.88 bits per heavy atom. The molecule has 172 valence electrons. The first-order chi connectivity index (χ1) is 16.6. The molecule has 0 fully saturated rings. The second kappa shape index (κ2) is 9.43. The lowest BCUT2D eigenvalue weighted by molar-refractivity contribution is 0.0948. The van der Waals surface area contributed by atoms with Crippen LogP contribution in [0.1, 0.15) is 35.6 Å². The van der Waals surface area contributed by atoms with Crippen molar-refractivity contribution < 1.29 is 9.18 Å². The van der Waals surface area contributed by atoms with Crippen molar-refractivity contribution >= 4 is 11.9 Å². The predicted octanol–water partition coefficient (Wildman–Crippen LogP) is 4.50. The summed E-state index contributed by atoms with van der Waals surface area (Å²) in [7, 11) is 0. The highest BCUT2D eigenvalue weighted by Crippen LogP contribution is 2.39. The number of hydrogen-bond donors (Lipinski definition) is 2. The maximum absolute atomic E-state index is 13.6. The van der Waals surface area contributed by atoms with Gasteiger partial charge in [-0.05, 0) is 55.8 Å². The van der Waals surface area contributed by atoms with Crippen LogP contribution in [-0.2, 0) is 6.42 Å². The summed E-state index contributed by atoms with van der Waals surface area (Å²) in [5.41, 5.74) is 3.76. The van der Waals surface area contributed by atoms with Crippen LogP contribution in [-0.4, -0.2) is 38.5 Å². The number of nitrogens with zero attached hydrogens (tertiary/aromatic N) is 4. The number of rotatable bonds is 7. The Labute approximate surface area is 197 Å². The summed E-state index contributed by atoms with van der Waals surface area (Å²) in [4.78, 5) is 26.6. The predicted molar refractivity (Wildman–Crippen MR) is 129 cm³/mol. The Morgan fingerprint density at radius 3 is 2.65 bits per heavy atom. The van der Waals surface area contributed by atoms with Crippen LogP contribution < -0.4 is 10.6 Å². The molecule has 34 heavy (non-hydrogen) atoms. The number of anilines is 1. The van der Waals surface area contributed by atoms with Crippen molar-refractivity contribution in [1.29, 1.82) is 0 Å². The first-order valence-electron chi connectivity index (χ1n) is 11.4. The second-order valence-corrected chi connectivity index (χ2v) is 8.17. The molecule has 1 atom stereocenters. The van der Waals surface area contributed by atoms with Gasteiger partial charge in [-0.2, -0.15) is 0 Å². The average Bonchev–Trinajstić information content (AvgIpc) is 3.43. The van der Waals surface area contributed by atoms with Crippen molar-refractivity contribution in [2.45, 2.75) is 25.8 Å². The molecule has 0 saturated heterocycles. The monoisotopic (exact) mass is 456 g/mol. The van der Waals surface area contributed by atoms with Crippen LogP contribution in [0.25, 0.3) is 22.6 Å². The molecule has 0 bridgehead atoms. The zero-order valence-electron chi connectivity index (χ0n) is 18.8. The molecule has 0 radical (unpaired) electrons. The lowest BCUT2D eigenvalue weighted by Gasteiger charge is -2.18. The molecule has 3 heterocycles. The van der Waals surface area contributed by atoms with Crippen molar-refractivity contribution in [1.82, 2.24) is 24.8 Å². The molecule has 2 aromatic carbocycles. The summed E-state index contributed by atoms with van der Waals surface area (Å²) < 4.78 is 15.8. The van der Waals surface area contributed by atoms with E-state index in [1.807, 2.05) is 31.2 Å². The topological polar surface area (TPSA) is 84.7 Å². The van der Waals surface area contributed by atoms with Gasteiger partial charge >= 0.3 is 0 Å². The van der Waals surface area contributed by atoms with Crippen LogP contribution in [0.5, 0.6) is 0 Å². The number of nitrogens with one attached hydrogen (secondary N) is 2. The van der Waals surface area contributed by atoms with E-state index in [-0.39, 0.29) is 17.8 Å². The zero-order valence-corrected chi connectivity index (χ0v) is 18.8. The first kappa shape index (κ1) is 21.8. The molecule has 1 amide bonds. The van der Waals surface area contributed by atoms with Crippen molar-refractivity contribution in [3.63, 3.8) is 0 Å². The maximum Gasteiger partial charge on any atom is 0.251 e. The van der Waals surface area contributed by atoms with E-state index in [0.717, 1.165) is 41.3 Å². The molecule has 0 saturated carbocycles. The van der Waals surface area contributed by atoms with Gasteiger partial charge in [-0.15, -0.1) is 0 Å². The number of amides is 1. The van der Waals surface area contributed by atoms with Crippen molar-refractivity contribution in [3.05, 3.63) is 84.1 Å². The van der Waals surface area contributed by atoms with E-state index in [1.54, 1.807) is 30.5 Å². The van der Waals surface area contributed by atoms with Gasteiger partial charge in [-0.3, -0.25) is 4.79 Å². The Kier molecular flexibility index (Phi) is 6.03. The SMILES string of the molecule is CCNc1nccc(-c2c(-c3ccc(F)cc3)nc3n2C(CNC(=O)c2ccccc2)CC3)n1. The molecule has 7 nitrogen and oxygen atoms in total. The molecular weight excluding hydrogens is 431 g/mol. The number of imidazole rings is 1. The minimum absolute atomic E-state index is 0.0249. The highest BCUT2D eigenvalue weighted by atomic mass is 19.1. The van der Waals surface area contributed by atoms with Crippen LogP contribution in [0.3, 0.4) is 0 Å². The Bertz CT molecular complexity index is 1300. The zero-order chi connectivity index (χ0) is 23.5. The summed E-state index contributed by atoms with van der Waals surface area (Å²) >= 11 is 0. The smallest absolute Gasteiger partial charge is 0.251 e. The van der Waals surface area contributed by atoms with Crippen LogP contribution in [0.15, 0.2) is 66.9 Å². The van der Waals surface area contributed by atoms with Gasteiger partial charge in [0.1, 0.15) is 11.6 Å². The molecule has 8 heteroatoms. The van der Waals surface area contributed by atoms with Crippen LogP contribution >= 0.6 is 0 Å². The molecule has 0 aliphatic carbocycles. The normalized spacial score (nSPS) is 14.6. The minimum atomic E-state index is -0.296. The second-order valence-electron chi connectivity index (χ2n) is 8.17. The summed E-state index contributed by atoms with van der Waals surface area (Å²) in [6.07, 6.45) is 3.36. The highest BCUT2D eigenvalue weighted by Gasteiger charge is 2.31. The third-order valence-electron chi connectivity index (χ3n) is 5.94. The Balaban J connectivity index is 1.53. The van der Waals surface area contributed by atoms with Gasteiger partial charge in [0.25, 0.3) is 5.91 Å². The molecule has 0 spiro atoms. The number of aromatic nitrogens is 4. The van der Waals surface area contributed by atoms with Gasteiger partial charge in [0.15, 0.2) is 0 Å². The molecular formula is C26H25FN6O. The van der Waals surface area contributed by atoms with Gasteiger partial charge in [0, 0.05) is 36.8 Å². The summed E-state index contributed by atoms with van der Waals surface area (Å²) in [5, 5.41) is 6.22. The highest BCUT2D eigenvalue weighted by molar-refractivity contribution is 5.94. The summed E-state index contributed by atoms with van der Waals surface area (Å²) in [6, 6.07) is 17.4. The minimum Gasteiger partial charge on any atom is -0.354 e. The van der Waals surface area contributed by atoms with E-state index in [2.05, 4.69) is 20.2 Å². The van der Waals surface area contributed by atoms with Crippen LogP contribution in [0.4, 0.5) is 10.3 Å². The number of carbonyl (C=O) groups excluding carboxylic acids is 1. The number of aryl methyl sites for hydroxylation is 1. The number of halogens is 1. The summed E-state index contributed by atoms with van der Waals surface area (Å²) in [6.45, 7) is 3.16. The fourth-order valence-electron chi connectivity index (χ4n) is 4.36. The van der Waals surface area contributed by atoms with Crippen molar-refractivity contribution in [2.24, 2.45) is 0 Å². The fourth-order valence-corrected chi connectivity index (χ4v) is 4.36. The molecule has 5 rings (SSSR count). The van der Waals surface area contributed by atoms with Crippen molar-refractivity contribution in [2.75, 3.05) is 18.4 Å². The standard InChI is InChI=1S/C26H25FN6O/c1-2-28-26-29-15-14-21(31-26)24-23(17-8-10-19(27)11-9-17)32-22-13-12-20(33(22)24)16-30-25(34)18-6-4-3-5-7-18/h3-11,14-15,20H,2,12-13,16H2,1H3,(H,30,34)(H,28,29,31). The van der Waals surface area contributed by atoms with Gasteiger partial charge in [-0.25, -0.2) is 19.3 Å². The molecule has 2 aromatic heterocycles. The van der Waals surface area contributed by atoms with Gasteiger partial charge in [0.2, 0.25) is 5.95 Å². The Morgan fingerprint density at radius 1 is 1.09 bits per heavy atom. The quantitative estimate of drug-likeness (QED) is 0.428. The molecule has 1 aliphatic rings. The molecule has 4 aromatic rings. The van der Waals surface area contributed by atoms with Gasteiger partial charge in [0.05, 0.1) is 23.1 Å². The molecule has 1 unspecified atom stereocenters. The third kappa shape index (κ3) is 4.26. The third-order valence-corrected chi connectivity index (χ3v) is 5.94. The van der Waals surface area contributed by atoms with E-state index in [1.165, 1.54) is 12.1 Å². The average molecular weight is 457 g/mol. The molecule has 1 aliphatic heterocycles. The molecule has 2 N–H and O–H groups in total. The number of hydrogen-bond acceptors (Lipinski definition) is 5. The lowest BCUT2D eigenvalue weighted by Crippen LogP contribution is -2.29. The van der Waals surface area contributed by atoms with Gasteiger partial charge < -0.3 is 15.2 Å². The maximum atomic E-state index is 13.6. The van der Waals surface area contributed by atoms with Crippen LogP contribution in [0.2, 0.25) is 0 Å². The Hall–Kier alpha value is -4.07. The van der Waals surface area contributed by atoms with Crippen LogP contribution in [0, 0.1) is 5.82 Å². The van der Waals surface area contributed by atoms with E-state index in [0.29, 0.717) is 24.6 Å². The van der Waals surface area contributed by atoms with E-state index >= 15 is 0 Å².